The summed E-state index contributed by atoms with van der Waals surface area (Å²) in [5, 5.41) is 12.7. The summed E-state index contributed by atoms with van der Waals surface area (Å²) < 4.78 is 13.1. The van der Waals surface area contributed by atoms with Crippen molar-refractivity contribution in [3.63, 3.8) is 0 Å². The molecule has 0 fully saturated rings. The Hall–Kier alpha value is -2.03. The molecule has 0 saturated heterocycles. The Morgan fingerprint density at radius 2 is 1.94 bits per heavy atom. The molecule has 1 atom stereocenters. The third-order valence-electron chi connectivity index (χ3n) is 2.93. The highest BCUT2D eigenvalue weighted by atomic mass is 19.1. The first-order valence-electron chi connectivity index (χ1n) is 5.88. The van der Waals surface area contributed by atoms with E-state index in [0.29, 0.717) is 0 Å². The molecule has 0 amide bonds. The van der Waals surface area contributed by atoms with Crippen molar-refractivity contribution in [2.24, 2.45) is 0 Å². The Morgan fingerprint density at radius 3 is 2.61 bits per heavy atom. The van der Waals surface area contributed by atoms with E-state index >= 15 is 0 Å². The lowest BCUT2D eigenvalue weighted by atomic mass is 10.1. The molecule has 0 saturated carbocycles. The van der Waals surface area contributed by atoms with E-state index in [-0.39, 0.29) is 17.6 Å². The Bertz CT molecular complexity index is 554. The number of aryl methyl sites for hydroxylation is 1. The summed E-state index contributed by atoms with van der Waals surface area (Å²) in [6.45, 7) is 3.89. The molecule has 2 N–H and O–H groups in total. The van der Waals surface area contributed by atoms with Crippen LogP contribution in [0.5, 0.6) is 5.75 Å². The highest BCUT2D eigenvalue weighted by molar-refractivity contribution is 5.54. The number of phenols is 1. The molecule has 2 aromatic carbocycles. The van der Waals surface area contributed by atoms with Crippen LogP contribution in [0.4, 0.5) is 10.1 Å². The summed E-state index contributed by atoms with van der Waals surface area (Å²) in [6, 6.07) is 11.7. The van der Waals surface area contributed by atoms with Crippen molar-refractivity contribution in [3.05, 3.63) is 59.4 Å². The second kappa shape index (κ2) is 5.08. The average Bonchev–Trinajstić information content (AvgIpc) is 2.32. The van der Waals surface area contributed by atoms with Gasteiger partial charge in [-0.25, -0.2) is 4.39 Å². The van der Waals surface area contributed by atoms with Crippen LogP contribution >= 0.6 is 0 Å². The molecule has 0 heterocycles. The largest absolute Gasteiger partial charge is 0.508 e. The molecule has 0 aliphatic heterocycles. The van der Waals surface area contributed by atoms with Crippen LogP contribution in [-0.2, 0) is 0 Å². The maximum absolute atomic E-state index is 13.1. The number of nitrogens with one attached hydrogen (secondary N) is 1. The van der Waals surface area contributed by atoms with Gasteiger partial charge in [0.1, 0.15) is 11.6 Å². The Labute approximate surface area is 106 Å². The lowest BCUT2D eigenvalue weighted by Gasteiger charge is -2.17. The zero-order valence-electron chi connectivity index (χ0n) is 10.4. The van der Waals surface area contributed by atoms with Gasteiger partial charge in [-0.05, 0) is 55.3 Å². The van der Waals surface area contributed by atoms with Gasteiger partial charge in [-0.1, -0.05) is 12.1 Å². The van der Waals surface area contributed by atoms with Gasteiger partial charge >= 0.3 is 0 Å². The number of halogens is 1. The number of benzene rings is 2. The molecule has 18 heavy (non-hydrogen) atoms. The number of aromatic hydroxyl groups is 1. The molecule has 2 nitrogen and oxygen atoms in total. The van der Waals surface area contributed by atoms with Gasteiger partial charge in [-0.2, -0.15) is 0 Å². The van der Waals surface area contributed by atoms with Gasteiger partial charge in [0, 0.05) is 11.7 Å². The van der Waals surface area contributed by atoms with Crippen molar-refractivity contribution >= 4 is 5.69 Å². The van der Waals surface area contributed by atoms with Crippen molar-refractivity contribution in [2.45, 2.75) is 19.9 Å². The molecule has 3 heteroatoms. The average molecular weight is 245 g/mol. The molecule has 0 aliphatic carbocycles. The van der Waals surface area contributed by atoms with Gasteiger partial charge in [0.05, 0.1) is 0 Å². The Morgan fingerprint density at radius 1 is 1.17 bits per heavy atom. The molecule has 94 valence electrons. The first kappa shape index (κ1) is 12.4. The predicted molar refractivity (Wildman–Crippen MR) is 71.3 cm³/mol. The van der Waals surface area contributed by atoms with E-state index in [4.69, 9.17) is 0 Å². The summed E-state index contributed by atoms with van der Waals surface area (Å²) in [5.74, 6) is 0.0139. The topological polar surface area (TPSA) is 32.3 Å². The number of rotatable bonds is 3. The summed E-state index contributed by atoms with van der Waals surface area (Å²) in [5.41, 5.74) is 2.78. The van der Waals surface area contributed by atoms with Gasteiger partial charge in [0.2, 0.25) is 0 Å². The van der Waals surface area contributed by atoms with Gasteiger partial charge in [-0.3, -0.25) is 0 Å². The fourth-order valence-electron chi connectivity index (χ4n) is 1.90. The molecule has 0 spiro atoms. The van der Waals surface area contributed by atoms with Crippen molar-refractivity contribution in [2.75, 3.05) is 5.32 Å². The van der Waals surface area contributed by atoms with Crippen molar-refractivity contribution in [1.82, 2.24) is 0 Å². The van der Waals surface area contributed by atoms with E-state index in [1.54, 1.807) is 18.2 Å². The molecule has 0 aliphatic rings. The minimum absolute atomic E-state index is 0.00365. The van der Waals surface area contributed by atoms with Gasteiger partial charge in [0.15, 0.2) is 0 Å². The highest BCUT2D eigenvalue weighted by Gasteiger charge is 2.07. The van der Waals surface area contributed by atoms with E-state index in [1.807, 2.05) is 26.0 Å². The van der Waals surface area contributed by atoms with E-state index in [0.717, 1.165) is 16.8 Å². The second-order valence-corrected chi connectivity index (χ2v) is 4.42. The van der Waals surface area contributed by atoms with Crippen molar-refractivity contribution in [3.8, 4) is 5.75 Å². The predicted octanol–water partition coefficient (Wildman–Crippen LogP) is 4.01. The maximum atomic E-state index is 13.1. The summed E-state index contributed by atoms with van der Waals surface area (Å²) >= 11 is 0. The van der Waals surface area contributed by atoms with Gasteiger partial charge in [-0.15, -0.1) is 0 Å². The van der Waals surface area contributed by atoms with Crippen molar-refractivity contribution < 1.29 is 9.50 Å². The standard InChI is InChI=1S/C15H16FNO/c1-10-8-14(18)6-7-15(10)17-11(2)12-4-3-5-13(16)9-12/h3-9,11,17-18H,1-2H3. The summed E-state index contributed by atoms with van der Waals surface area (Å²) in [7, 11) is 0. The van der Waals surface area contributed by atoms with E-state index in [9.17, 15) is 9.50 Å². The molecule has 2 aromatic rings. The van der Waals surface area contributed by atoms with Gasteiger partial charge < -0.3 is 10.4 Å². The molecule has 0 bridgehead atoms. The molecule has 1 unspecified atom stereocenters. The molecule has 2 rings (SSSR count). The quantitative estimate of drug-likeness (QED) is 0.801. The first-order chi connectivity index (χ1) is 8.56. The molecule has 0 aromatic heterocycles. The number of hydrogen-bond acceptors (Lipinski definition) is 2. The third kappa shape index (κ3) is 2.80. The number of hydrogen-bond donors (Lipinski definition) is 2. The van der Waals surface area contributed by atoms with Gasteiger partial charge in [0.25, 0.3) is 0 Å². The first-order valence-corrected chi connectivity index (χ1v) is 5.88. The van der Waals surface area contributed by atoms with E-state index in [1.165, 1.54) is 12.1 Å². The third-order valence-corrected chi connectivity index (χ3v) is 2.93. The normalized spacial score (nSPS) is 12.2. The van der Waals surface area contributed by atoms with E-state index in [2.05, 4.69) is 5.32 Å². The fraction of sp³-hybridized carbons (Fsp3) is 0.200. The zero-order valence-corrected chi connectivity index (χ0v) is 10.4. The summed E-state index contributed by atoms with van der Waals surface area (Å²) in [4.78, 5) is 0. The zero-order chi connectivity index (χ0) is 13.1. The second-order valence-electron chi connectivity index (χ2n) is 4.42. The minimum atomic E-state index is -0.233. The lowest BCUT2D eigenvalue weighted by Crippen LogP contribution is -2.07. The van der Waals surface area contributed by atoms with Crippen LogP contribution in [0.2, 0.25) is 0 Å². The van der Waals surface area contributed by atoms with Crippen LogP contribution < -0.4 is 5.32 Å². The van der Waals surface area contributed by atoms with Crippen LogP contribution in [0.1, 0.15) is 24.1 Å². The Kier molecular flexibility index (Phi) is 3.51. The molecular weight excluding hydrogens is 229 g/mol. The molecule has 0 radical (unpaired) electrons. The van der Waals surface area contributed by atoms with Crippen LogP contribution in [0, 0.1) is 12.7 Å². The fourth-order valence-corrected chi connectivity index (χ4v) is 1.90. The highest BCUT2D eigenvalue weighted by Crippen LogP contribution is 2.25. The van der Waals surface area contributed by atoms with Crippen LogP contribution in [0.25, 0.3) is 0 Å². The van der Waals surface area contributed by atoms with Crippen molar-refractivity contribution in [1.29, 1.82) is 0 Å². The minimum Gasteiger partial charge on any atom is -0.508 e. The van der Waals surface area contributed by atoms with Crippen LogP contribution in [0.3, 0.4) is 0 Å². The van der Waals surface area contributed by atoms with E-state index < -0.39 is 0 Å². The number of anilines is 1. The van der Waals surface area contributed by atoms with Crippen LogP contribution in [-0.4, -0.2) is 5.11 Å². The molecular formula is C15H16FNO. The summed E-state index contributed by atoms with van der Waals surface area (Å²) in [6.07, 6.45) is 0. The Balaban J connectivity index is 2.18. The monoisotopic (exact) mass is 245 g/mol. The van der Waals surface area contributed by atoms with Crippen LogP contribution in [0.15, 0.2) is 42.5 Å². The number of phenolic OH excluding ortho intramolecular Hbond substituents is 1. The lowest BCUT2D eigenvalue weighted by molar-refractivity contribution is 0.475. The maximum Gasteiger partial charge on any atom is 0.123 e. The smallest absolute Gasteiger partial charge is 0.123 e. The SMILES string of the molecule is Cc1cc(O)ccc1NC(C)c1cccc(F)c1.